The first-order valence-electron chi connectivity index (χ1n) is 19.4. The van der Waals surface area contributed by atoms with Crippen LogP contribution in [0.4, 0.5) is 15.1 Å². The highest BCUT2D eigenvalue weighted by Crippen LogP contribution is 2.41. The number of anilines is 1. The van der Waals surface area contributed by atoms with Crippen molar-refractivity contribution in [2.24, 2.45) is 5.73 Å². The lowest BCUT2D eigenvalue weighted by atomic mass is 10.0. The zero-order valence-corrected chi connectivity index (χ0v) is 36.5. The fraction of sp³-hybridized carbons (Fsp3) is 0.205. The average molecular weight is 931 g/mol. The van der Waals surface area contributed by atoms with E-state index in [1.54, 1.807) is 49.6 Å². The van der Waals surface area contributed by atoms with Crippen molar-refractivity contribution in [1.82, 2.24) is 30.5 Å². The number of nitrogens with zero attached hydrogens (tertiary/aromatic N) is 2. The van der Waals surface area contributed by atoms with E-state index in [9.17, 15) is 38.3 Å². The van der Waals surface area contributed by atoms with Crippen molar-refractivity contribution >= 4 is 86.8 Å². The SMILES string of the molecule is COC(=O)Nc1nc2cc(C(=O)c3ccc(F)cc3)ccc2[nH]1.COc1ccc2[nH]cc(CCNC(C)=O)c2c1.N[C@@H](C(=O)N[C@@H]1C(=O)N2C(C(=O)O)=C(Cl)CS[C@H]12)c1ccccc1.O. The third kappa shape index (κ3) is 11.7. The number of ketones is 1. The van der Waals surface area contributed by atoms with Gasteiger partial charge in [0.15, 0.2) is 5.78 Å². The number of nitrogens with one attached hydrogen (secondary N) is 5. The van der Waals surface area contributed by atoms with Crippen LogP contribution in [0.1, 0.15) is 40.0 Å². The Morgan fingerprint density at radius 1 is 1.00 bits per heavy atom. The number of H-pyrrole nitrogens is 2. The molecule has 1 fully saturated rings. The van der Waals surface area contributed by atoms with Gasteiger partial charge in [-0.3, -0.25) is 29.4 Å². The molecule has 0 aliphatic carbocycles. The summed E-state index contributed by atoms with van der Waals surface area (Å²) in [6.07, 6.45) is 2.14. The van der Waals surface area contributed by atoms with Crippen molar-refractivity contribution in [1.29, 1.82) is 0 Å². The lowest BCUT2D eigenvalue weighted by Gasteiger charge is -2.48. The summed E-state index contributed by atoms with van der Waals surface area (Å²) in [6, 6.07) is 23.2. The number of carboxylic acid groups (broad SMARTS) is 1. The molecule has 2 aliphatic rings. The molecule has 10 N–H and O–H groups in total. The molecular weight excluding hydrogens is 887 g/mol. The van der Waals surface area contributed by atoms with Crippen LogP contribution >= 0.6 is 23.4 Å². The smallest absolute Gasteiger partial charge is 0.413 e. The molecule has 4 amide bonds. The summed E-state index contributed by atoms with van der Waals surface area (Å²) < 4.78 is 22.6. The van der Waals surface area contributed by atoms with Crippen LogP contribution in [0.25, 0.3) is 21.9 Å². The van der Waals surface area contributed by atoms with Gasteiger partial charge in [0.2, 0.25) is 17.8 Å². The minimum absolute atomic E-state index is 0. The normalized spacial score (nSPS) is 15.4. The van der Waals surface area contributed by atoms with Crippen molar-refractivity contribution < 1.29 is 53.2 Å². The molecule has 0 spiro atoms. The summed E-state index contributed by atoms with van der Waals surface area (Å²) in [4.78, 5) is 81.5. The second kappa shape index (κ2) is 21.9. The number of amides is 4. The maximum atomic E-state index is 12.9. The molecule has 1 saturated heterocycles. The second-order valence-corrected chi connectivity index (χ2v) is 15.6. The quantitative estimate of drug-likeness (QED) is 0.0684. The zero-order chi connectivity index (χ0) is 46.1. The number of imidazole rings is 1. The third-order valence-corrected chi connectivity index (χ3v) is 11.6. The van der Waals surface area contributed by atoms with Gasteiger partial charge in [0, 0.05) is 47.4 Å². The molecule has 0 bridgehead atoms. The number of carbonyl (C=O) groups is 6. The number of carbonyl (C=O) groups excluding carboxylic acids is 5. The number of hydrogen-bond acceptors (Lipinski definition) is 11. The van der Waals surface area contributed by atoms with Crippen molar-refractivity contribution in [3.63, 3.8) is 0 Å². The minimum Gasteiger partial charge on any atom is -0.497 e. The zero-order valence-electron chi connectivity index (χ0n) is 34.9. The Morgan fingerprint density at radius 3 is 2.35 bits per heavy atom. The maximum Gasteiger partial charge on any atom is 0.413 e. The molecule has 4 aromatic carbocycles. The Hall–Kier alpha value is -7.26. The van der Waals surface area contributed by atoms with Gasteiger partial charge in [0.05, 0.1) is 30.3 Å². The van der Waals surface area contributed by atoms with Gasteiger partial charge in [-0.2, -0.15) is 0 Å². The number of β-lactam (4-membered cyclic amide) rings is 1. The number of nitrogens with two attached hydrogens (primary N) is 1. The van der Waals surface area contributed by atoms with Gasteiger partial charge in [-0.25, -0.2) is 19.0 Å². The molecule has 21 heteroatoms. The van der Waals surface area contributed by atoms with E-state index in [0.717, 1.165) is 28.0 Å². The van der Waals surface area contributed by atoms with Crippen LogP contribution in [-0.2, 0) is 30.3 Å². The molecule has 0 saturated carbocycles. The Morgan fingerprint density at radius 2 is 1.69 bits per heavy atom. The van der Waals surface area contributed by atoms with Gasteiger partial charge in [0.1, 0.15) is 34.7 Å². The molecule has 4 heterocycles. The van der Waals surface area contributed by atoms with E-state index in [0.29, 0.717) is 34.3 Å². The summed E-state index contributed by atoms with van der Waals surface area (Å²) in [6.45, 7) is 2.18. The summed E-state index contributed by atoms with van der Waals surface area (Å²) in [7, 11) is 2.91. The highest BCUT2D eigenvalue weighted by Gasteiger charge is 2.54. The number of aromatic nitrogens is 3. The highest BCUT2D eigenvalue weighted by atomic mass is 35.5. The molecular formula is C44H44ClFN8O10S. The fourth-order valence-electron chi connectivity index (χ4n) is 6.62. The predicted octanol–water partition coefficient (Wildman–Crippen LogP) is 4.76. The first-order valence-corrected chi connectivity index (χ1v) is 20.8. The van der Waals surface area contributed by atoms with Crippen LogP contribution in [0.15, 0.2) is 108 Å². The monoisotopic (exact) mass is 930 g/mol. The average Bonchev–Trinajstić information content (AvgIpc) is 3.90. The van der Waals surface area contributed by atoms with Crippen molar-refractivity contribution in [2.45, 2.75) is 30.8 Å². The van der Waals surface area contributed by atoms with Gasteiger partial charge < -0.3 is 46.4 Å². The van der Waals surface area contributed by atoms with Crippen molar-refractivity contribution in [3.8, 4) is 5.75 Å². The summed E-state index contributed by atoms with van der Waals surface area (Å²) in [5.74, 6) is -1.55. The van der Waals surface area contributed by atoms with Gasteiger partial charge in [0.25, 0.3) is 5.91 Å². The van der Waals surface area contributed by atoms with E-state index >= 15 is 0 Å². The van der Waals surface area contributed by atoms with E-state index in [4.69, 9.17) is 22.1 Å². The van der Waals surface area contributed by atoms with Gasteiger partial charge in [-0.1, -0.05) is 41.9 Å². The van der Waals surface area contributed by atoms with E-state index in [1.807, 2.05) is 30.5 Å². The molecule has 2 aliphatic heterocycles. The van der Waals surface area contributed by atoms with Crippen LogP contribution in [-0.4, -0.2) is 104 Å². The molecule has 340 valence electrons. The number of thioether (sulfide) groups is 1. The van der Waals surface area contributed by atoms with Gasteiger partial charge in [-0.15, -0.1) is 11.8 Å². The molecule has 6 aromatic rings. The molecule has 8 rings (SSSR count). The standard InChI is InChI=1S/C16H12FN3O3.C15H14ClN3O4S.C13H16N2O2.H2O/c1-23-16(22)20-15-18-12-7-4-10(8-13(12)19-15)14(21)9-2-5-11(17)6-3-9;16-8-6-24-14-10(13(21)19(14)11(8)15(22)23)18-12(20)9(17)7-4-2-1-3-5-7;1-9(16)14-6-5-10-8-15-13-4-3-11(17-2)7-12(10)13;/h2-8H,1H3,(H2,18,19,20,22);1-5,9-10,14H,6,17H2,(H,18,20)(H,22,23);3-4,7-8,15H,5-6H2,1-2H3,(H,14,16);1H2/t;9-,10-,14-;;/m.1../s1. The molecule has 0 unspecified atom stereocenters. The number of aliphatic carboxylic acids is 1. The maximum absolute atomic E-state index is 12.9. The van der Waals surface area contributed by atoms with Gasteiger partial charge >= 0.3 is 12.1 Å². The number of benzene rings is 4. The summed E-state index contributed by atoms with van der Waals surface area (Å²) in [5.41, 5.74) is 10.6. The van der Waals surface area contributed by atoms with Crippen LogP contribution in [0.5, 0.6) is 5.75 Å². The molecule has 0 radical (unpaired) electrons. The van der Waals surface area contributed by atoms with Gasteiger partial charge in [-0.05, 0) is 78.2 Å². The first kappa shape index (κ1) is 48.8. The summed E-state index contributed by atoms with van der Waals surface area (Å²) >= 11 is 7.20. The molecule has 18 nitrogen and oxygen atoms in total. The Bertz CT molecular complexity index is 2750. The third-order valence-electron chi connectivity index (χ3n) is 9.86. The number of carboxylic acids is 1. The Labute approximate surface area is 379 Å². The Balaban J connectivity index is 0.000000185. The van der Waals surface area contributed by atoms with E-state index in [-0.39, 0.29) is 39.6 Å². The van der Waals surface area contributed by atoms with Crippen LogP contribution in [0.2, 0.25) is 0 Å². The van der Waals surface area contributed by atoms with Crippen LogP contribution < -0.4 is 26.4 Å². The van der Waals surface area contributed by atoms with Crippen molar-refractivity contribution in [2.75, 3.05) is 31.8 Å². The number of methoxy groups -OCH3 is 2. The highest BCUT2D eigenvalue weighted by molar-refractivity contribution is 8.00. The number of aromatic amines is 2. The molecule has 2 aromatic heterocycles. The summed E-state index contributed by atoms with van der Waals surface area (Å²) in [5, 5.41) is 17.8. The van der Waals surface area contributed by atoms with Crippen LogP contribution in [0, 0.1) is 5.82 Å². The second-order valence-electron chi connectivity index (χ2n) is 14.1. The lowest BCUT2D eigenvalue weighted by Crippen LogP contribution is -2.70. The minimum atomic E-state index is -1.26. The number of hydrogen-bond donors (Lipinski definition) is 7. The number of halogens is 2. The van der Waals surface area contributed by atoms with Crippen molar-refractivity contribution in [3.05, 3.63) is 136 Å². The van der Waals surface area contributed by atoms with Crippen LogP contribution in [0.3, 0.4) is 0 Å². The Kier molecular flexibility index (Phi) is 16.4. The van der Waals surface area contributed by atoms with E-state index in [1.165, 1.54) is 55.6 Å². The number of rotatable bonds is 11. The molecule has 3 atom stereocenters. The lowest BCUT2D eigenvalue weighted by molar-refractivity contribution is -0.150. The topological polar surface area (TPSA) is 282 Å². The number of ether oxygens (including phenoxy) is 2. The fourth-order valence-corrected chi connectivity index (χ4v) is 8.17. The van der Waals surface area contributed by atoms with E-state index < -0.39 is 47.2 Å². The predicted molar refractivity (Wildman–Crippen MR) is 242 cm³/mol. The van der Waals surface area contributed by atoms with E-state index in [2.05, 4.69) is 35.6 Å². The number of fused-ring (bicyclic) bond motifs is 3. The largest absolute Gasteiger partial charge is 0.497 e. The molecule has 65 heavy (non-hydrogen) atoms. The first-order chi connectivity index (χ1) is 30.7.